The van der Waals surface area contributed by atoms with E-state index in [4.69, 9.17) is 10.7 Å². The molecule has 0 aliphatic heterocycles. The van der Waals surface area contributed by atoms with E-state index >= 15 is 0 Å². The van der Waals surface area contributed by atoms with E-state index in [9.17, 15) is 16.8 Å². The van der Waals surface area contributed by atoms with Crippen LogP contribution in [0.25, 0.3) is 0 Å². The fourth-order valence-corrected chi connectivity index (χ4v) is 3.29. The van der Waals surface area contributed by atoms with Crippen LogP contribution in [0.4, 0.5) is 5.69 Å². The number of benzene rings is 1. The van der Waals surface area contributed by atoms with Crippen molar-refractivity contribution in [3.8, 4) is 0 Å². The largest absolute Gasteiger partial charge is 0.284 e. The summed E-state index contributed by atoms with van der Waals surface area (Å²) in [6, 6.07) is 5.22. The summed E-state index contributed by atoms with van der Waals surface area (Å²) in [6.45, 7) is 1.90. The number of rotatable bonds is 6. The molecule has 5 nitrogen and oxygen atoms in total. The molecule has 0 bridgehead atoms. The maximum absolute atomic E-state index is 11.6. The highest BCUT2D eigenvalue weighted by atomic mass is 35.7. The Morgan fingerprint density at radius 2 is 1.67 bits per heavy atom. The SMILES string of the molecule is CCCCS(=O)(=O)Nc1ccc(S(=O)(=O)Cl)cc1. The minimum absolute atomic E-state index is 0.0407. The first-order valence-corrected chi connectivity index (χ1v) is 9.26. The van der Waals surface area contributed by atoms with Gasteiger partial charge in [0.2, 0.25) is 10.0 Å². The first-order chi connectivity index (χ1) is 8.24. The molecule has 102 valence electrons. The molecular formula is C10H14ClNO4S2. The highest BCUT2D eigenvalue weighted by molar-refractivity contribution is 8.13. The third-order valence-electron chi connectivity index (χ3n) is 2.18. The summed E-state index contributed by atoms with van der Waals surface area (Å²) in [5.41, 5.74) is 0.315. The van der Waals surface area contributed by atoms with E-state index in [2.05, 4.69) is 4.72 Å². The van der Waals surface area contributed by atoms with Crippen LogP contribution in [0.2, 0.25) is 0 Å². The summed E-state index contributed by atoms with van der Waals surface area (Å²) in [5, 5.41) is 0. The molecule has 0 spiro atoms. The van der Waals surface area contributed by atoms with E-state index < -0.39 is 19.1 Å². The quantitative estimate of drug-likeness (QED) is 0.816. The molecule has 0 saturated carbocycles. The van der Waals surface area contributed by atoms with Crippen molar-refractivity contribution in [1.82, 2.24) is 0 Å². The number of hydrogen-bond acceptors (Lipinski definition) is 4. The van der Waals surface area contributed by atoms with Crippen LogP contribution < -0.4 is 4.72 Å². The Morgan fingerprint density at radius 1 is 1.11 bits per heavy atom. The lowest BCUT2D eigenvalue weighted by atomic mass is 10.3. The lowest BCUT2D eigenvalue weighted by Gasteiger charge is -2.07. The van der Waals surface area contributed by atoms with Crippen molar-refractivity contribution in [3.63, 3.8) is 0 Å². The molecule has 0 unspecified atom stereocenters. The molecule has 0 fully saturated rings. The minimum Gasteiger partial charge on any atom is -0.284 e. The Balaban J connectivity index is 2.82. The average Bonchev–Trinajstić information content (AvgIpc) is 2.25. The third kappa shape index (κ3) is 4.83. The lowest BCUT2D eigenvalue weighted by molar-refractivity contribution is 0.597. The van der Waals surface area contributed by atoms with Gasteiger partial charge in [-0.05, 0) is 30.7 Å². The fraction of sp³-hybridized carbons (Fsp3) is 0.400. The standard InChI is InChI=1S/C10H14ClNO4S2/c1-2-3-8-17(13,14)12-9-4-6-10(7-5-9)18(11,15)16/h4-7,12H,2-3,8H2,1H3. The van der Waals surface area contributed by atoms with E-state index in [1.165, 1.54) is 24.3 Å². The normalized spacial score (nSPS) is 12.3. The zero-order valence-electron chi connectivity index (χ0n) is 9.76. The number of sulfonamides is 1. The second kappa shape index (κ2) is 5.90. The Kier molecular flexibility index (Phi) is 5.01. The molecule has 0 aromatic heterocycles. The van der Waals surface area contributed by atoms with Crippen LogP contribution in [-0.2, 0) is 19.1 Å². The monoisotopic (exact) mass is 311 g/mol. The van der Waals surface area contributed by atoms with Crippen molar-refractivity contribution in [3.05, 3.63) is 24.3 Å². The molecule has 0 heterocycles. The van der Waals surface area contributed by atoms with Gasteiger partial charge in [-0.25, -0.2) is 16.8 Å². The summed E-state index contributed by atoms with van der Waals surface area (Å²) in [4.78, 5) is -0.0688. The van der Waals surface area contributed by atoms with Gasteiger partial charge in [-0.2, -0.15) is 0 Å². The second-order valence-corrected chi connectivity index (χ2v) is 8.14. The second-order valence-electron chi connectivity index (χ2n) is 3.74. The maximum Gasteiger partial charge on any atom is 0.261 e. The Hall–Kier alpha value is -0.790. The zero-order valence-corrected chi connectivity index (χ0v) is 12.1. The van der Waals surface area contributed by atoms with E-state index in [1.54, 1.807) is 0 Å². The van der Waals surface area contributed by atoms with Gasteiger partial charge in [0.25, 0.3) is 9.05 Å². The lowest BCUT2D eigenvalue weighted by Crippen LogP contribution is -2.16. The number of halogens is 1. The first-order valence-electron chi connectivity index (χ1n) is 5.30. The number of anilines is 1. The van der Waals surface area contributed by atoms with Crippen LogP contribution in [0.15, 0.2) is 29.2 Å². The van der Waals surface area contributed by atoms with Crippen LogP contribution in [0.1, 0.15) is 19.8 Å². The van der Waals surface area contributed by atoms with Gasteiger partial charge in [-0.1, -0.05) is 13.3 Å². The van der Waals surface area contributed by atoms with Gasteiger partial charge in [-0.3, -0.25) is 4.72 Å². The maximum atomic E-state index is 11.6. The predicted octanol–water partition coefficient (Wildman–Crippen LogP) is 2.16. The van der Waals surface area contributed by atoms with E-state index in [1.807, 2.05) is 6.92 Å². The molecule has 8 heteroatoms. The van der Waals surface area contributed by atoms with Gasteiger partial charge in [0, 0.05) is 16.4 Å². The Morgan fingerprint density at radius 3 is 2.11 bits per heavy atom. The van der Waals surface area contributed by atoms with Crippen LogP contribution in [0.5, 0.6) is 0 Å². The molecule has 0 aliphatic carbocycles. The minimum atomic E-state index is -3.78. The van der Waals surface area contributed by atoms with Crippen LogP contribution >= 0.6 is 10.7 Å². The molecule has 1 aromatic rings. The molecule has 1 N–H and O–H groups in total. The van der Waals surface area contributed by atoms with Crippen LogP contribution in [0.3, 0.4) is 0 Å². The Bertz CT molecular complexity index is 593. The van der Waals surface area contributed by atoms with Crippen LogP contribution in [-0.4, -0.2) is 22.6 Å². The topological polar surface area (TPSA) is 80.3 Å². The number of hydrogen-bond donors (Lipinski definition) is 1. The fourth-order valence-electron chi connectivity index (χ4n) is 1.25. The molecule has 0 saturated heterocycles. The molecule has 0 amide bonds. The highest BCUT2D eigenvalue weighted by Crippen LogP contribution is 2.18. The molecule has 0 aliphatic rings. The van der Waals surface area contributed by atoms with Crippen molar-refractivity contribution in [1.29, 1.82) is 0 Å². The van der Waals surface area contributed by atoms with E-state index in [0.29, 0.717) is 12.1 Å². The summed E-state index contributed by atoms with van der Waals surface area (Å²) in [6.07, 6.45) is 1.35. The molecule has 0 radical (unpaired) electrons. The van der Waals surface area contributed by atoms with Crippen LogP contribution in [0, 0.1) is 0 Å². The smallest absolute Gasteiger partial charge is 0.261 e. The summed E-state index contributed by atoms with van der Waals surface area (Å²) in [7, 11) is -2.01. The van der Waals surface area contributed by atoms with Gasteiger partial charge in [0.1, 0.15) is 0 Å². The first kappa shape index (κ1) is 15.3. The third-order valence-corrected chi connectivity index (χ3v) is 4.92. The highest BCUT2D eigenvalue weighted by Gasteiger charge is 2.12. The molecule has 0 atom stereocenters. The van der Waals surface area contributed by atoms with Gasteiger partial charge < -0.3 is 0 Å². The zero-order chi connectivity index (χ0) is 13.8. The predicted molar refractivity (Wildman–Crippen MR) is 71.8 cm³/mol. The van der Waals surface area contributed by atoms with Crippen molar-refractivity contribution >= 4 is 35.4 Å². The number of nitrogens with one attached hydrogen (secondary N) is 1. The van der Waals surface area contributed by atoms with Crippen molar-refractivity contribution in [2.24, 2.45) is 0 Å². The van der Waals surface area contributed by atoms with Crippen molar-refractivity contribution in [2.75, 3.05) is 10.5 Å². The van der Waals surface area contributed by atoms with Crippen molar-refractivity contribution in [2.45, 2.75) is 24.7 Å². The molecule has 1 aromatic carbocycles. The van der Waals surface area contributed by atoms with Crippen molar-refractivity contribution < 1.29 is 16.8 Å². The molecule has 18 heavy (non-hydrogen) atoms. The van der Waals surface area contributed by atoms with E-state index in [0.717, 1.165) is 6.42 Å². The van der Waals surface area contributed by atoms with Gasteiger partial charge in [-0.15, -0.1) is 0 Å². The van der Waals surface area contributed by atoms with Gasteiger partial charge in [0.05, 0.1) is 10.6 Å². The molecular weight excluding hydrogens is 298 g/mol. The summed E-state index contributed by atoms with van der Waals surface area (Å²) in [5.74, 6) is 0.0407. The van der Waals surface area contributed by atoms with Gasteiger partial charge >= 0.3 is 0 Å². The molecule has 1 rings (SSSR count). The number of unbranched alkanes of at least 4 members (excludes halogenated alkanes) is 1. The van der Waals surface area contributed by atoms with Gasteiger partial charge in [0.15, 0.2) is 0 Å². The summed E-state index contributed by atoms with van der Waals surface area (Å²) < 4.78 is 47.5. The average molecular weight is 312 g/mol. The Labute approximate surface area is 112 Å². The summed E-state index contributed by atoms with van der Waals surface area (Å²) >= 11 is 0. The van der Waals surface area contributed by atoms with E-state index in [-0.39, 0.29) is 10.6 Å².